The molecule has 0 bridgehead atoms. The van der Waals surface area contributed by atoms with Crippen molar-refractivity contribution in [1.82, 2.24) is 14.5 Å². The zero-order valence-electron chi connectivity index (χ0n) is 21.7. The van der Waals surface area contributed by atoms with Crippen molar-refractivity contribution in [1.29, 1.82) is 0 Å². The average Bonchev–Trinajstić information content (AvgIpc) is 3.30. The van der Waals surface area contributed by atoms with Gasteiger partial charge in [0.1, 0.15) is 0 Å². The van der Waals surface area contributed by atoms with Crippen molar-refractivity contribution in [3.63, 3.8) is 0 Å². The molecule has 2 fully saturated rings. The number of hydrogen-bond donors (Lipinski definition) is 2. The van der Waals surface area contributed by atoms with Crippen molar-refractivity contribution >= 4 is 22.0 Å². The van der Waals surface area contributed by atoms with Gasteiger partial charge in [-0.3, -0.25) is 4.79 Å². The number of carboxylic acid groups (broad SMARTS) is 1. The van der Waals surface area contributed by atoms with E-state index in [1.807, 2.05) is 13.8 Å². The Hall–Kier alpha value is -2.34. The van der Waals surface area contributed by atoms with Gasteiger partial charge in [-0.15, -0.1) is 0 Å². The molecule has 37 heavy (non-hydrogen) atoms. The molecule has 208 valence electrons. The third kappa shape index (κ3) is 5.89. The van der Waals surface area contributed by atoms with Crippen molar-refractivity contribution in [2.45, 2.75) is 82.6 Å². The molecule has 1 aliphatic heterocycles. The van der Waals surface area contributed by atoms with Gasteiger partial charge in [0.05, 0.1) is 22.4 Å². The first-order chi connectivity index (χ1) is 17.0. The minimum Gasteiger partial charge on any atom is -0.465 e. The predicted octanol–water partition coefficient (Wildman–Crippen LogP) is 4.41. The number of nitrogens with one attached hydrogen (secondary N) is 1. The first-order valence-corrected chi connectivity index (χ1v) is 13.9. The Kier molecular flexibility index (Phi) is 8.24. The van der Waals surface area contributed by atoms with E-state index < -0.39 is 56.2 Å². The highest BCUT2D eigenvalue weighted by Crippen LogP contribution is 2.48. The van der Waals surface area contributed by atoms with Crippen molar-refractivity contribution in [2.75, 3.05) is 13.1 Å². The fourth-order valence-corrected chi connectivity index (χ4v) is 7.53. The second-order valence-electron chi connectivity index (χ2n) is 11.2. The molecule has 1 aromatic carbocycles. The molecule has 1 saturated heterocycles. The molecule has 1 saturated carbocycles. The molecule has 12 heteroatoms. The molecule has 8 nitrogen and oxygen atoms in total. The number of benzene rings is 1. The maximum atomic E-state index is 13.6. The van der Waals surface area contributed by atoms with Crippen LogP contribution in [0, 0.1) is 17.8 Å². The summed E-state index contributed by atoms with van der Waals surface area (Å²) in [6.45, 7) is 9.76. The van der Waals surface area contributed by atoms with Gasteiger partial charge in [0.2, 0.25) is 5.91 Å². The van der Waals surface area contributed by atoms with Gasteiger partial charge in [0.25, 0.3) is 10.0 Å². The fraction of sp³-hybridized carbons (Fsp3) is 0.680. The Morgan fingerprint density at radius 3 is 2.41 bits per heavy atom. The smallest absolute Gasteiger partial charge is 0.416 e. The Balaban J connectivity index is 1.79. The summed E-state index contributed by atoms with van der Waals surface area (Å²) in [5, 5.41) is 12.8. The van der Waals surface area contributed by atoms with Crippen molar-refractivity contribution in [2.24, 2.45) is 17.8 Å². The monoisotopic (exact) mass is 547 g/mol. The predicted molar refractivity (Wildman–Crippen MR) is 131 cm³/mol. The molecule has 4 atom stereocenters. The molecule has 1 aliphatic carbocycles. The van der Waals surface area contributed by atoms with E-state index in [1.165, 1.54) is 4.90 Å². The van der Waals surface area contributed by atoms with E-state index in [-0.39, 0.29) is 17.9 Å². The van der Waals surface area contributed by atoms with Gasteiger partial charge in [-0.05, 0) is 76.6 Å². The van der Waals surface area contributed by atoms with Crippen LogP contribution in [-0.2, 0) is 21.0 Å². The first kappa shape index (κ1) is 29.2. The van der Waals surface area contributed by atoms with Crippen LogP contribution in [0.3, 0.4) is 0 Å². The van der Waals surface area contributed by atoms with Gasteiger partial charge in [-0.1, -0.05) is 19.9 Å². The van der Waals surface area contributed by atoms with Gasteiger partial charge in [0.15, 0.2) is 0 Å². The quantitative estimate of drug-likeness (QED) is 0.467. The van der Waals surface area contributed by atoms with E-state index in [1.54, 1.807) is 20.8 Å². The summed E-state index contributed by atoms with van der Waals surface area (Å²) in [6.07, 6.45) is -3.97. The van der Waals surface area contributed by atoms with Crippen molar-refractivity contribution in [3.8, 4) is 0 Å². The van der Waals surface area contributed by atoms with Crippen LogP contribution in [0.15, 0.2) is 29.2 Å². The van der Waals surface area contributed by atoms with E-state index in [0.717, 1.165) is 22.5 Å². The number of fused-ring (bicyclic) bond motifs is 1. The third-order valence-corrected chi connectivity index (χ3v) is 9.12. The molecule has 2 amide bonds. The number of nitrogens with zero attached hydrogens (tertiary/aromatic N) is 2. The Morgan fingerprint density at radius 1 is 1.22 bits per heavy atom. The molecular formula is C25H36F3N3O5S. The number of carbonyl (C=O) groups is 2. The highest BCUT2D eigenvalue weighted by molar-refractivity contribution is 7.89. The van der Waals surface area contributed by atoms with E-state index in [2.05, 4.69) is 5.32 Å². The Bertz CT molecular complexity index is 1120. The van der Waals surface area contributed by atoms with Gasteiger partial charge >= 0.3 is 12.3 Å². The second-order valence-corrected chi connectivity index (χ2v) is 13.0. The number of hydrogen-bond acceptors (Lipinski definition) is 5. The maximum absolute atomic E-state index is 13.6. The summed E-state index contributed by atoms with van der Waals surface area (Å²) in [7, 11) is -4.51. The first-order valence-electron chi connectivity index (χ1n) is 12.5. The molecule has 1 heterocycles. The van der Waals surface area contributed by atoms with Gasteiger partial charge in [-0.25, -0.2) is 17.5 Å². The summed E-state index contributed by atoms with van der Waals surface area (Å²) in [5.41, 5.74) is -1.65. The van der Waals surface area contributed by atoms with E-state index >= 15 is 0 Å². The SMILES string of the molecule is CC(C)[C@@H]1[C@@H]2CC[C@@H](NCCCN(C(=O)O)C(C)(C)C)[C@H]2C(=O)N1S(=O)(=O)c1cccc(C(F)(F)F)c1. The van der Waals surface area contributed by atoms with Crippen LogP contribution in [0.25, 0.3) is 0 Å². The van der Waals surface area contributed by atoms with Gasteiger partial charge in [-0.2, -0.15) is 13.2 Å². The van der Waals surface area contributed by atoms with E-state index in [4.69, 9.17) is 0 Å². The normalized spacial score (nSPS) is 24.6. The highest BCUT2D eigenvalue weighted by Gasteiger charge is 2.58. The van der Waals surface area contributed by atoms with Crippen LogP contribution in [0.2, 0.25) is 0 Å². The van der Waals surface area contributed by atoms with Crippen LogP contribution in [0.4, 0.5) is 18.0 Å². The Morgan fingerprint density at radius 2 is 1.86 bits per heavy atom. The zero-order valence-corrected chi connectivity index (χ0v) is 22.6. The number of halogens is 3. The fourth-order valence-electron chi connectivity index (χ4n) is 5.70. The van der Waals surface area contributed by atoms with Crippen LogP contribution in [0.1, 0.15) is 59.4 Å². The number of rotatable bonds is 8. The largest absolute Gasteiger partial charge is 0.465 e. The molecule has 3 rings (SSSR count). The molecule has 2 aliphatic rings. The highest BCUT2D eigenvalue weighted by atomic mass is 32.2. The van der Waals surface area contributed by atoms with Gasteiger partial charge in [0, 0.05) is 18.1 Å². The lowest BCUT2D eigenvalue weighted by atomic mass is 9.86. The van der Waals surface area contributed by atoms with E-state index in [0.29, 0.717) is 38.4 Å². The summed E-state index contributed by atoms with van der Waals surface area (Å²) in [5.74, 6) is -1.70. The molecule has 0 aromatic heterocycles. The van der Waals surface area contributed by atoms with Gasteiger partial charge < -0.3 is 15.3 Å². The van der Waals surface area contributed by atoms with Crippen molar-refractivity contribution in [3.05, 3.63) is 29.8 Å². The molecule has 1 aromatic rings. The summed E-state index contributed by atoms with van der Waals surface area (Å²) in [6, 6.07) is 2.53. The lowest BCUT2D eigenvalue weighted by molar-refractivity contribution is -0.137. The second kappa shape index (κ2) is 10.4. The van der Waals surface area contributed by atoms with Crippen LogP contribution < -0.4 is 5.32 Å². The minimum atomic E-state index is -4.72. The maximum Gasteiger partial charge on any atom is 0.416 e. The summed E-state index contributed by atoms with van der Waals surface area (Å²) in [4.78, 5) is 25.9. The molecule has 2 N–H and O–H groups in total. The zero-order chi connectivity index (χ0) is 27.9. The molecule has 0 spiro atoms. The standard InChI is InChI=1S/C25H36F3N3O5S/c1-15(2)21-18-10-11-19(29-12-7-13-30(23(33)34)24(3,4)5)20(18)22(32)31(21)37(35,36)17-9-6-8-16(14-17)25(26,27)28/h6,8-9,14-15,18-21,29H,7,10-13H2,1-5H3,(H,33,34)/t18-,19-,20+,21-/m1/s1. The number of sulfonamides is 1. The average molecular weight is 548 g/mol. The van der Waals surface area contributed by atoms with Crippen LogP contribution >= 0.6 is 0 Å². The number of carbonyl (C=O) groups excluding carboxylic acids is 1. The van der Waals surface area contributed by atoms with Crippen molar-refractivity contribution < 1.29 is 36.3 Å². The third-order valence-electron chi connectivity index (χ3n) is 7.32. The topological polar surface area (TPSA) is 107 Å². The Labute approximate surface area is 216 Å². The lowest BCUT2D eigenvalue weighted by Crippen LogP contribution is -2.47. The summed E-state index contributed by atoms with van der Waals surface area (Å²) >= 11 is 0. The van der Waals surface area contributed by atoms with Crippen LogP contribution in [0.5, 0.6) is 0 Å². The molecule has 0 radical (unpaired) electrons. The van der Waals surface area contributed by atoms with E-state index in [9.17, 15) is 36.3 Å². The molecular weight excluding hydrogens is 511 g/mol. The number of amides is 2. The molecule has 0 unspecified atom stereocenters. The lowest BCUT2D eigenvalue weighted by Gasteiger charge is -2.33. The summed E-state index contributed by atoms with van der Waals surface area (Å²) < 4.78 is 67.6. The minimum absolute atomic E-state index is 0.228. The van der Waals surface area contributed by atoms with Crippen LogP contribution in [-0.4, -0.2) is 65.4 Å². The number of alkyl halides is 3.